The predicted molar refractivity (Wildman–Crippen MR) is 366 cm³/mol. The first-order valence-electron chi connectivity index (χ1n) is 33.9. The van der Waals surface area contributed by atoms with Gasteiger partial charge < -0.3 is 34.1 Å². The number of ether oxygens (including phenoxy) is 4. The molecule has 1 aliphatic heterocycles. The maximum absolute atomic E-state index is 13.2. The van der Waals surface area contributed by atoms with E-state index in [0.717, 1.165) is 126 Å². The quantitative estimate of drug-likeness (QED) is 0.0219. The number of hydrogen-bond donors (Lipinski definition) is 2. The molecule has 17 heteroatoms. The van der Waals surface area contributed by atoms with Gasteiger partial charge in [0.15, 0.2) is 23.0 Å². The van der Waals surface area contributed by atoms with E-state index in [1.807, 2.05) is 12.1 Å². The fourth-order valence-corrected chi connectivity index (χ4v) is 12.5. The van der Waals surface area contributed by atoms with Crippen LogP contribution in [0.3, 0.4) is 0 Å². The third kappa shape index (κ3) is 16.7. The van der Waals surface area contributed by atoms with Gasteiger partial charge in [0.1, 0.15) is 17.2 Å². The van der Waals surface area contributed by atoms with Gasteiger partial charge in [-0.1, -0.05) is 189 Å². The van der Waals surface area contributed by atoms with Crippen LogP contribution in [0, 0.1) is 72.0 Å². The second kappa shape index (κ2) is 34.4. The minimum Gasteiger partial charge on any atom is -0.508 e. The van der Waals surface area contributed by atoms with E-state index in [4.69, 9.17) is 24.1 Å². The van der Waals surface area contributed by atoms with Crippen LogP contribution in [0.1, 0.15) is 170 Å². The Labute approximate surface area is 567 Å². The molecular formula is C81H83F10NO6. The zero-order valence-electron chi connectivity index (χ0n) is 56.0. The summed E-state index contributed by atoms with van der Waals surface area (Å²) in [4.78, 5) is 2.30. The fraction of sp³-hybridized carbons (Fsp3) is 0.333. The Kier molecular flexibility index (Phi) is 25.7. The molecule has 0 saturated carbocycles. The van der Waals surface area contributed by atoms with Crippen molar-refractivity contribution >= 4 is 17.1 Å². The summed E-state index contributed by atoms with van der Waals surface area (Å²) in [6.45, 7) is 12.2. The highest BCUT2D eigenvalue weighted by Gasteiger charge is 2.47. The molecule has 9 aromatic carbocycles. The minimum absolute atomic E-state index is 0.0789. The number of phenols is 2. The maximum atomic E-state index is 13.2. The van der Waals surface area contributed by atoms with Crippen molar-refractivity contribution in [1.82, 2.24) is 0 Å². The average Bonchev–Trinajstić information content (AvgIpc) is 1.53. The molecule has 0 spiro atoms. The number of benzene rings is 9. The molecule has 0 amide bonds. The topological polar surface area (TPSA) is 80.6 Å². The fourth-order valence-electron chi connectivity index (χ4n) is 12.5. The van der Waals surface area contributed by atoms with Gasteiger partial charge in [0.2, 0.25) is 58.2 Å². The molecule has 11 rings (SSSR count). The van der Waals surface area contributed by atoms with Crippen molar-refractivity contribution in [3.05, 3.63) is 237 Å². The van der Waals surface area contributed by atoms with Gasteiger partial charge in [0, 0.05) is 5.69 Å². The monoisotopic (exact) mass is 1360 g/mol. The van der Waals surface area contributed by atoms with Gasteiger partial charge in [-0.15, -0.1) is 0 Å². The Morgan fingerprint density at radius 2 is 0.745 bits per heavy atom. The smallest absolute Gasteiger partial charge is 0.206 e. The number of hydrogen-bond acceptors (Lipinski definition) is 7. The molecule has 2 N–H and O–H groups in total. The van der Waals surface area contributed by atoms with Gasteiger partial charge in [-0.2, -0.15) is 17.6 Å². The summed E-state index contributed by atoms with van der Waals surface area (Å²) in [6, 6.07) is 51.8. The SMILES string of the molecule is CCCCCCCCOc1c(F)c(F)c(F)c(F)c1F.CCCCCCCCOc1ccc(N2c3ccc(C)cc3Oc3cc(-c4ccc5c(c4)C(c4ccc(O)cc4)(c4ccc(OCCCCCCCC)cc4)c4cc(C)ccc4-5)ccc32)cc1.Oc1c(F)c(F)c(F)c(F)c1F. The van der Waals surface area contributed by atoms with Crippen LogP contribution in [0.4, 0.5) is 61.0 Å². The van der Waals surface area contributed by atoms with Crippen LogP contribution < -0.4 is 23.8 Å². The number of aryl methyl sites for hydroxylation is 2. The van der Waals surface area contributed by atoms with E-state index >= 15 is 0 Å². The molecule has 1 aliphatic carbocycles. The number of unbranched alkanes of at least 4 members (excludes halogenated alkanes) is 15. The number of nitrogens with zero attached hydrogens (tertiary/aromatic N) is 1. The number of halogens is 10. The lowest BCUT2D eigenvalue weighted by atomic mass is 9.67. The highest BCUT2D eigenvalue weighted by atomic mass is 19.2. The second-order valence-corrected chi connectivity index (χ2v) is 24.9. The van der Waals surface area contributed by atoms with E-state index in [2.05, 4.69) is 173 Å². The Hall–Kier alpha value is -9.12. The standard InChI is InChI=1S/C61H65NO4.C14H17F5O.C6HF5O/c1-5-7-9-11-13-15-37-64-51-29-23-48(24-30-51)61(47-21-27-50(63)28-22-47)55-39-43(3)17-33-53(55)54-34-19-45(41-56(54)61)46-20-36-58-60(42-46)66-59-40-44(4)18-35-57(59)62(58)49-25-31-52(32-26-49)65-38-16-14-12-10-8-6-2;1-2-3-4-5-6-7-8-20-14-12(18)10(16)9(15)11(17)13(14)19;7-1-2(8)4(10)6(12)5(11)3(1)9/h17-36,39-42,63H,5-16,37-38H2,1-4H3;2-8H2,1H3;12H. The van der Waals surface area contributed by atoms with Gasteiger partial charge in [-0.05, 0) is 162 Å². The van der Waals surface area contributed by atoms with Crippen LogP contribution in [0.25, 0.3) is 22.3 Å². The zero-order valence-corrected chi connectivity index (χ0v) is 56.0. The van der Waals surface area contributed by atoms with Crippen LogP contribution >= 0.6 is 0 Å². The molecule has 0 radical (unpaired) electrons. The Bertz CT molecular complexity index is 4010. The summed E-state index contributed by atoms with van der Waals surface area (Å²) in [7, 11) is 0. The number of phenolic OH excluding ortho intramolecular Hbond substituents is 2. The second-order valence-electron chi connectivity index (χ2n) is 24.9. The van der Waals surface area contributed by atoms with Crippen LogP contribution in [0.15, 0.2) is 146 Å². The Morgan fingerprint density at radius 1 is 0.367 bits per heavy atom. The Balaban J connectivity index is 0.000000287. The molecule has 2 aliphatic rings. The van der Waals surface area contributed by atoms with Gasteiger partial charge in [-0.3, -0.25) is 0 Å². The van der Waals surface area contributed by atoms with Crippen molar-refractivity contribution in [3.63, 3.8) is 0 Å². The number of aromatic hydroxyl groups is 2. The summed E-state index contributed by atoms with van der Waals surface area (Å²) in [5.41, 5.74) is 14.0. The first-order chi connectivity index (χ1) is 47.3. The molecule has 1 unspecified atom stereocenters. The highest BCUT2D eigenvalue weighted by Crippen LogP contribution is 2.58. The number of anilines is 3. The summed E-state index contributed by atoms with van der Waals surface area (Å²) >= 11 is 0. The van der Waals surface area contributed by atoms with Gasteiger partial charge in [-0.25, -0.2) is 26.3 Å². The summed E-state index contributed by atoms with van der Waals surface area (Å²) < 4.78 is 150. The zero-order chi connectivity index (χ0) is 70.0. The minimum atomic E-state index is -2.29. The molecule has 0 saturated heterocycles. The summed E-state index contributed by atoms with van der Waals surface area (Å²) in [5.74, 6) is -20.5. The van der Waals surface area contributed by atoms with Gasteiger partial charge in [0.25, 0.3) is 0 Å². The highest BCUT2D eigenvalue weighted by molar-refractivity contribution is 5.91. The molecule has 98 heavy (non-hydrogen) atoms. The first-order valence-corrected chi connectivity index (χ1v) is 33.9. The number of fused-ring (bicyclic) bond motifs is 5. The van der Waals surface area contributed by atoms with Crippen LogP contribution in [0.2, 0.25) is 0 Å². The predicted octanol–water partition coefficient (Wildman–Crippen LogP) is 24.3. The molecule has 0 fully saturated rings. The van der Waals surface area contributed by atoms with E-state index in [0.29, 0.717) is 6.42 Å². The molecule has 0 aromatic heterocycles. The van der Waals surface area contributed by atoms with Crippen molar-refractivity contribution in [1.29, 1.82) is 0 Å². The van der Waals surface area contributed by atoms with Gasteiger partial charge >= 0.3 is 0 Å². The van der Waals surface area contributed by atoms with Crippen LogP contribution in [0.5, 0.6) is 40.2 Å². The average molecular weight is 1360 g/mol. The first kappa shape index (κ1) is 73.1. The molecule has 0 bridgehead atoms. The van der Waals surface area contributed by atoms with Crippen molar-refractivity contribution in [2.24, 2.45) is 0 Å². The molecular weight excluding hydrogens is 1270 g/mol. The third-order valence-corrected chi connectivity index (χ3v) is 17.7. The third-order valence-electron chi connectivity index (χ3n) is 17.7. The van der Waals surface area contributed by atoms with E-state index in [1.165, 1.54) is 92.0 Å². The van der Waals surface area contributed by atoms with E-state index in [9.17, 15) is 49.0 Å². The summed E-state index contributed by atoms with van der Waals surface area (Å²) in [5, 5.41) is 18.9. The van der Waals surface area contributed by atoms with Crippen LogP contribution in [-0.2, 0) is 5.41 Å². The Morgan fingerprint density at radius 3 is 1.27 bits per heavy atom. The molecule has 7 nitrogen and oxygen atoms in total. The molecule has 1 heterocycles. The molecule has 9 aromatic rings. The van der Waals surface area contributed by atoms with Crippen molar-refractivity contribution < 1.29 is 73.1 Å². The van der Waals surface area contributed by atoms with Crippen molar-refractivity contribution in [2.45, 2.75) is 156 Å². The normalized spacial score (nSPS) is 13.3. The van der Waals surface area contributed by atoms with Gasteiger partial charge in [0.05, 0.1) is 36.6 Å². The summed E-state index contributed by atoms with van der Waals surface area (Å²) in [6.07, 6.45) is 20.3. The van der Waals surface area contributed by atoms with E-state index in [-0.39, 0.29) is 12.4 Å². The largest absolute Gasteiger partial charge is 0.508 e. The van der Waals surface area contributed by atoms with E-state index in [1.54, 1.807) is 0 Å². The molecule has 518 valence electrons. The lowest BCUT2D eigenvalue weighted by Gasteiger charge is -2.34. The van der Waals surface area contributed by atoms with Crippen molar-refractivity contribution in [2.75, 3.05) is 24.7 Å². The lowest BCUT2D eigenvalue weighted by molar-refractivity contribution is 0.255. The van der Waals surface area contributed by atoms with Crippen LogP contribution in [-0.4, -0.2) is 30.0 Å². The van der Waals surface area contributed by atoms with E-state index < -0.39 is 75.1 Å². The van der Waals surface area contributed by atoms with Crippen molar-refractivity contribution in [3.8, 4) is 62.5 Å². The molecule has 1 atom stereocenters. The lowest BCUT2D eigenvalue weighted by Crippen LogP contribution is -2.28. The number of rotatable bonds is 28. The maximum Gasteiger partial charge on any atom is 0.206 e.